The first-order chi connectivity index (χ1) is 1.41. The molecule has 0 N–H and O–H groups in total. The molecule has 5 heavy (non-hydrogen) atoms. The Morgan fingerprint density at radius 1 is 1.60 bits per heavy atom. The summed E-state index contributed by atoms with van der Waals surface area (Å²) in [5, 5.41) is 7.32. The largest absolute Gasteiger partial charge is 0.199 e. The van der Waals surface area contributed by atoms with Crippen molar-refractivity contribution in [1.29, 1.82) is 5.26 Å². The monoisotopic (exact) mass is 228 g/mol. The molecule has 0 unspecified atom stereocenters. The van der Waals surface area contributed by atoms with Crippen LogP contribution in [0.15, 0.2) is 0 Å². The summed E-state index contributed by atoms with van der Waals surface area (Å²) >= 11 is 0. The number of hydrogen-bond acceptors (Lipinski definition) is 1. The van der Waals surface area contributed by atoms with Crippen molar-refractivity contribution in [3.63, 3.8) is 0 Å². The van der Waals surface area contributed by atoms with Crippen LogP contribution in [0.4, 0.5) is 0 Å². The van der Waals surface area contributed by atoms with Crippen LogP contribution < -0.4 is 0 Å². The fourth-order valence-corrected chi connectivity index (χ4v) is 0. The maximum atomic E-state index is 7.32. The topological polar surface area (TPSA) is 23.8 Å². The molecule has 0 aliphatic rings. The summed E-state index contributed by atoms with van der Waals surface area (Å²) in [5.74, 6) is 0. The van der Waals surface area contributed by atoms with Gasteiger partial charge in [0.25, 0.3) is 0 Å². The first kappa shape index (κ1) is 16.1. The van der Waals surface area contributed by atoms with Gasteiger partial charge in [-0.15, -0.1) is 0 Å². The minimum Gasteiger partial charge on any atom is -0.199 e. The normalized spacial score (nSPS) is 1.60. The van der Waals surface area contributed by atoms with Crippen LogP contribution in [0.2, 0.25) is 0 Å². The van der Waals surface area contributed by atoms with Gasteiger partial charge in [0, 0.05) is 64.2 Å². The zero-order chi connectivity index (χ0) is 2.71. The summed E-state index contributed by atoms with van der Waals surface area (Å²) in [7, 11) is 0. The van der Waals surface area contributed by atoms with Crippen LogP contribution in [-0.4, -0.2) is 0 Å². The third-order valence-corrected chi connectivity index (χ3v) is 0. The van der Waals surface area contributed by atoms with E-state index in [4.69, 9.17) is 5.26 Å². The first-order valence-electron chi connectivity index (χ1n) is 0.724. The van der Waals surface area contributed by atoms with Crippen LogP contribution in [0.1, 0.15) is 6.92 Å². The predicted molar refractivity (Wildman–Crippen MR) is 11.3 cm³/mol. The van der Waals surface area contributed by atoms with Gasteiger partial charge in [0.05, 0.1) is 6.07 Å². The summed E-state index contributed by atoms with van der Waals surface area (Å²) < 4.78 is 0. The van der Waals surface area contributed by atoms with Gasteiger partial charge in [0.1, 0.15) is 0 Å². The van der Waals surface area contributed by atoms with Gasteiger partial charge in [-0.05, 0) is 0 Å². The number of hydrogen-bond donors (Lipinski definition) is 0. The second kappa shape index (κ2) is 18.2. The molecule has 0 fully saturated rings. The Morgan fingerprint density at radius 3 is 1.60 bits per heavy atom. The fraction of sp³-hybridized carbons (Fsp3) is 0.500. The van der Waals surface area contributed by atoms with Crippen molar-refractivity contribution < 1.29 is 57.3 Å². The van der Waals surface area contributed by atoms with Crippen LogP contribution >= 0.6 is 0 Å². The van der Waals surface area contributed by atoms with Crippen LogP contribution in [0.5, 0.6) is 0 Å². The van der Waals surface area contributed by atoms with E-state index in [-0.39, 0.29) is 57.3 Å². The van der Waals surface area contributed by atoms with Crippen LogP contribution in [0.3, 0.4) is 0 Å². The smallest absolute Gasteiger partial charge is 0.0587 e. The quantitative estimate of drug-likeness (QED) is 0.554. The van der Waals surface area contributed by atoms with Crippen molar-refractivity contribution in [1.82, 2.24) is 0 Å². The second-order valence-corrected chi connectivity index (χ2v) is 0.224. The Labute approximate surface area is 74.6 Å². The summed E-state index contributed by atoms with van der Waals surface area (Å²) in [4.78, 5) is 0. The molecule has 0 aromatic heterocycles. The summed E-state index contributed by atoms with van der Waals surface area (Å²) in [6.07, 6.45) is 0. The van der Waals surface area contributed by atoms with Crippen molar-refractivity contribution in [3.8, 4) is 6.07 Å². The zero-order valence-corrected chi connectivity index (χ0v) is 8.21. The van der Waals surface area contributed by atoms with Gasteiger partial charge in [-0.1, -0.05) is 0 Å². The van der Waals surface area contributed by atoms with Gasteiger partial charge in [-0.25, -0.2) is 0 Å². The second-order valence-electron chi connectivity index (χ2n) is 0.224. The number of rotatable bonds is 0. The summed E-state index contributed by atoms with van der Waals surface area (Å²) in [6.45, 7) is 1.43. The van der Waals surface area contributed by atoms with Crippen molar-refractivity contribution in [2.24, 2.45) is 0 Å². The number of nitriles is 1. The van der Waals surface area contributed by atoms with Gasteiger partial charge < -0.3 is 0 Å². The van der Waals surface area contributed by atoms with E-state index in [2.05, 4.69) is 0 Å². The SMILES string of the molecule is CC#N.[La].[Ti]. The molecule has 0 rings (SSSR count). The molecule has 3 heteroatoms. The van der Waals surface area contributed by atoms with Crippen molar-refractivity contribution in [3.05, 3.63) is 0 Å². The minimum absolute atomic E-state index is 0. The first-order valence-corrected chi connectivity index (χ1v) is 0.724. The third kappa shape index (κ3) is 31.9. The molecule has 0 atom stereocenters. The van der Waals surface area contributed by atoms with Gasteiger partial charge in [0.15, 0.2) is 0 Å². The molecule has 0 aliphatic carbocycles. The van der Waals surface area contributed by atoms with Crippen molar-refractivity contribution in [2.75, 3.05) is 0 Å². The molecule has 0 aromatic rings. The Kier molecular flexibility index (Phi) is 58.6. The van der Waals surface area contributed by atoms with Crippen LogP contribution in [-0.2, 0) is 21.7 Å². The minimum atomic E-state index is 0. The molecule has 23 valence electrons. The molecule has 0 aliphatic heterocycles. The Bertz CT molecular complexity index is 31.1. The van der Waals surface area contributed by atoms with E-state index in [1.165, 1.54) is 6.92 Å². The maximum absolute atomic E-state index is 7.32. The van der Waals surface area contributed by atoms with E-state index in [0.29, 0.717) is 0 Å². The molecular formula is C2H3LaNTi. The van der Waals surface area contributed by atoms with E-state index in [9.17, 15) is 0 Å². The van der Waals surface area contributed by atoms with E-state index in [1.54, 1.807) is 6.07 Å². The van der Waals surface area contributed by atoms with E-state index in [1.807, 2.05) is 0 Å². The fourth-order valence-electron chi connectivity index (χ4n) is 0. The average Bonchev–Trinajstić information content (AvgIpc) is 0.918. The molecule has 0 saturated heterocycles. The van der Waals surface area contributed by atoms with Gasteiger partial charge in [-0.3, -0.25) is 0 Å². The molecule has 0 spiro atoms. The van der Waals surface area contributed by atoms with E-state index in [0.717, 1.165) is 0 Å². The van der Waals surface area contributed by atoms with Crippen molar-refractivity contribution in [2.45, 2.75) is 6.92 Å². The molecule has 0 saturated carbocycles. The standard InChI is InChI=1S/C2H3N.La.Ti/c1-2-3;;/h1H3;;. The molecule has 1 radical (unpaired) electrons. The number of nitrogens with zero attached hydrogens (tertiary/aromatic N) is 1. The molecule has 0 aromatic carbocycles. The van der Waals surface area contributed by atoms with Gasteiger partial charge >= 0.3 is 0 Å². The Balaban J connectivity index is -0.0000000200. The zero-order valence-electron chi connectivity index (χ0n) is 3.02. The summed E-state index contributed by atoms with van der Waals surface area (Å²) in [5.41, 5.74) is 0. The third-order valence-electron chi connectivity index (χ3n) is 0. The van der Waals surface area contributed by atoms with Crippen LogP contribution in [0.25, 0.3) is 0 Å². The maximum Gasteiger partial charge on any atom is 0.0587 e. The molecule has 1 nitrogen and oxygen atoms in total. The average molecular weight is 228 g/mol. The molecule has 0 amide bonds. The van der Waals surface area contributed by atoms with E-state index >= 15 is 0 Å². The molecule has 0 heterocycles. The van der Waals surface area contributed by atoms with Crippen LogP contribution in [0, 0.1) is 46.9 Å². The van der Waals surface area contributed by atoms with Crippen molar-refractivity contribution >= 4 is 0 Å². The Hall–Kier alpha value is 1.40. The molecular weight excluding hydrogens is 225 g/mol. The van der Waals surface area contributed by atoms with E-state index < -0.39 is 0 Å². The van der Waals surface area contributed by atoms with Gasteiger partial charge in [-0.2, -0.15) is 5.26 Å². The molecule has 0 bridgehead atoms. The van der Waals surface area contributed by atoms with Gasteiger partial charge in [0.2, 0.25) is 0 Å². The summed E-state index contributed by atoms with van der Waals surface area (Å²) in [6, 6.07) is 1.75. The Morgan fingerprint density at radius 2 is 1.60 bits per heavy atom. The predicted octanol–water partition coefficient (Wildman–Crippen LogP) is 0.527.